The average Bonchev–Trinajstić information content (AvgIpc) is 2.98. The first-order valence-electron chi connectivity index (χ1n) is 6.88. The second kappa shape index (κ2) is 5.64. The summed E-state index contributed by atoms with van der Waals surface area (Å²) in [5, 5.41) is 3.36. The summed E-state index contributed by atoms with van der Waals surface area (Å²) < 4.78 is 7.93. The van der Waals surface area contributed by atoms with E-state index in [4.69, 9.17) is 4.74 Å². The number of nitrogens with one attached hydrogen (secondary N) is 1. The van der Waals surface area contributed by atoms with Crippen LogP contribution in [0.2, 0.25) is 0 Å². The lowest BCUT2D eigenvalue weighted by molar-refractivity contribution is 0.0240. The molecule has 0 spiro atoms. The highest BCUT2D eigenvalue weighted by molar-refractivity contribution is 5.52. The van der Waals surface area contributed by atoms with E-state index in [-0.39, 0.29) is 6.10 Å². The molecule has 1 atom stereocenters. The molecule has 0 radical (unpaired) electrons. The summed E-state index contributed by atoms with van der Waals surface area (Å²) in [6.45, 7) is 2.49. The smallest absolute Gasteiger partial charge is 0.112 e. The van der Waals surface area contributed by atoms with Gasteiger partial charge in [0.2, 0.25) is 0 Å². The number of imidazole rings is 1. The summed E-state index contributed by atoms with van der Waals surface area (Å²) in [7, 11) is 4.09. The van der Waals surface area contributed by atoms with E-state index in [9.17, 15) is 0 Å². The molecule has 1 saturated heterocycles. The van der Waals surface area contributed by atoms with Crippen LogP contribution in [0.5, 0.6) is 0 Å². The van der Waals surface area contributed by atoms with Gasteiger partial charge in [0.25, 0.3) is 0 Å². The predicted molar refractivity (Wildman–Crippen MR) is 79.5 cm³/mol. The predicted octanol–water partition coefficient (Wildman–Crippen LogP) is 1.60. The van der Waals surface area contributed by atoms with Gasteiger partial charge in [0, 0.05) is 38.6 Å². The van der Waals surface area contributed by atoms with Gasteiger partial charge in [-0.15, -0.1) is 0 Å². The minimum atomic E-state index is 0.0641. The third kappa shape index (κ3) is 2.55. The molecule has 1 aliphatic heterocycles. The largest absolute Gasteiger partial charge is 0.378 e. The highest BCUT2D eigenvalue weighted by Crippen LogP contribution is 2.24. The topological polar surface area (TPSA) is 42.3 Å². The van der Waals surface area contributed by atoms with Gasteiger partial charge in [-0.25, -0.2) is 4.98 Å². The van der Waals surface area contributed by atoms with E-state index >= 15 is 0 Å². The van der Waals surface area contributed by atoms with Gasteiger partial charge in [-0.3, -0.25) is 0 Å². The first-order valence-corrected chi connectivity index (χ1v) is 6.88. The minimum Gasteiger partial charge on any atom is -0.378 e. The van der Waals surface area contributed by atoms with Crippen LogP contribution in [-0.4, -0.2) is 43.3 Å². The van der Waals surface area contributed by atoms with Crippen LogP contribution in [0.25, 0.3) is 5.69 Å². The molecule has 106 valence electrons. The molecule has 2 heterocycles. The van der Waals surface area contributed by atoms with Gasteiger partial charge in [-0.2, -0.15) is 0 Å². The average molecular weight is 272 g/mol. The molecule has 0 amide bonds. The van der Waals surface area contributed by atoms with Gasteiger partial charge in [-0.05, 0) is 18.2 Å². The molecule has 20 heavy (non-hydrogen) atoms. The van der Waals surface area contributed by atoms with Crippen molar-refractivity contribution in [1.82, 2.24) is 14.9 Å². The van der Waals surface area contributed by atoms with E-state index in [2.05, 4.69) is 44.0 Å². The number of nitrogens with zero attached hydrogens (tertiary/aromatic N) is 3. The normalized spacial score (nSPS) is 19.0. The van der Waals surface area contributed by atoms with Crippen LogP contribution in [0.1, 0.15) is 11.8 Å². The van der Waals surface area contributed by atoms with Crippen LogP contribution in [0.3, 0.4) is 0 Å². The fourth-order valence-corrected chi connectivity index (χ4v) is 2.44. The van der Waals surface area contributed by atoms with Crippen molar-refractivity contribution in [1.29, 1.82) is 0 Å². The van der Waals surface area contributed by atoms with Gasteiger partial charge >= 0.3 is 0 Å². The van der Waals surface area contributed by atoms with E-state index in [1.807, 2.05) is 26.6 Å². The maximum atomic E-state index is 5.83. The second-order valence-corrected chi connectivity index (χ2v) is 5.17. The number of benzene rings is 1. The molecule has 2 aromatic rings. The molecule has 1 aliphatic rings. The van der Waals surface area contributed by atoms with Crippen LogP contribution in [0, 0.1) is 0 Å². The molecule has 5 heteroatoms. The van der Waals surface area contributed by atoms with Gasteiger partial charge in [0.1, 0.15) is 6.10 Å². The van der Waals surface area contributed by atoms with Gasteiger partial charge in [-0.1, -0.05) is 6.07 Å². The quantitative estimate of drug-likeness (QED) is 0.921. The molecular weight excluding hydrogens is 252 g/mol. The fraction of sp³-hybridized carbons (Fsp3) is 0.400. The molecule has 5 nitrogen and oxygen atoms in total. The standard InChI is InChI=1S/C15H20N4O/c1-18(2)12-4-3-5-13(8-12)19-11-17-9-14(19)15-10-16-6-7-20-15/h3-5,8-9,11,15-16H,6-7,10H2,1-2H3. The molecule has 0 aliphatic carbocycles. The van der Waals surface area contributed by atoms with Crippen LogP contribution in [-0.2, 0) is 4.74 Å². The van der Waals surface area contributed by atoms with Gasteiger partial charge in [0.15, 0.2) is 0 Å². The Kier molecular flexibility index (Phi) is 3.71. The first kappa shape index (κ1) is 13.1. The summed E-state index contributed by atoms with van der Waals surface area (Å²) in [4.78, 5) is 6.39. The number of morpholine rings is 1. The molecule has 1 unspecified atom stereocenters. The minimum absolute atomic E-state index is 0.0641. The number of hydrogen-bond donors (Lipinski definition) is 1. The Morgan fingerprint density at radius 2 is 2.30 bits per heavy atom. The summed E-state index contributed by atoms with van der Waals surface area (Å²) in [6.07, 6.45) is 3.80. The van der Waals surface area contributed by atoms with Crippen molar-refractivity contribution in [3.05, 3.63) is 42.5 Å². The number of ether oxygens (including phenoxy) is 1. The Morgan fingerprint density at radius 1 is 1.40 bits per heavy atom. The second-order valence-electron chi connectivity index (χ2n) is 5.17. The third-order valence-electron chi connectivity index (χ3n) is 3.55. The maximum Gasteiger partial charge on any atom is 0.112 e. The molecule has 3 rings (SSSR count). The molecule has 1 N–H and O–H groups in total. The molecular formula is C15H20N4O. The van der Waals surface area contributed by atoms with Crippen molar-refractivity contribution >= 4 is 5.69 Å². The van der Waals surface area contributed by atoms with Crippen molar-refractivity contribution in [2.24, 2.45) is 0 Å². The lowest BCUT2D eigenvalue weighted by Gasteiger charge is -2.24. The van der Waals surface area contributed by atoms with E-state index < -0.39 is 0 Å². The number of rotatable bonds is 3. The summed E-state index contributed by atoms with van der Waals surface area (Å²) >= 11 is 0. The van der Waals surface area contributed by atoms with Gasteiger partial charge < -0.3 is 19.5 Å². The molecule has 1 aromatic carbocycles. The molecule has 0 bridgehead atoms. The van der Waals surface area contributed by atoms with Crippen molar-refractivity contribution in [2.45, 2.75) is 6.10 Å². The summed E-state index contributed by atoms with van der Waals surface area (Å²) in [5.41, 5.74) is 3.37. The van der Waals surface area contributed by atoms with Gasteiger partial charge in [0.05, 0.1) is 24.8 Å². The highest BCUT2D eigenvalue weighted by atomic mass is 16.5. The highest BCUT2D eigenvalue weighted by Gasteiger charge is 2.20. The van der Waals surface area contributed by atoms with E-state index in [0.717, 1.165) is 31.1 Å². The third-order valence-corrected chi connectivity index (χ3v) is 3.55. The van der Waals surface area contributed by atoms with Crippen LogP contribution < -0.4 is 10.2 Å². The lowest BCUT2D eigenvalue weighted by Crippen LogP contribution is -2.34. The zero-order valence-corrected chi connectivity index (χ0v) is 11.9. The van der Waals surface area contributed by atoms with E-state index in [0.29, 0.717) is 0 Å². The van der Waals surface area contributed by atoms with Crippen LogP contribution in [0.15, 0.2) is 36.8 Å². The summed E-state index contributed by atoms with van der Waals surface area (Å²) in [5.74, 6) is 0. The Hall–Kier alpha value is -1.85. The fourth-order valence-electron chi connectivity index (χ4n) is 2.44. The number of aromatic nitrogens is 2. The zero-order chi connectivity index (χ0) is 13.9. The SMILES string of the molecule is CN(C)c1cccc(-n2cncc2C2CNCCO2)c1. The first-order chi connectivity index (χ1) is 9.75. The van der Waals surface area contributed by atoms with E-state index in [1.54, 1.807) is 0 Å². The van der Waals surface area contributed by atoms with Crippen molar-refractivity contribution in [3.8, 4) is 5.69 Å². The van der Waals surface area contributed by atoms with Crippen molar-refractivity contribution in [3.63, 3.8) is 0 Å². The Balaban J connectivity index is 1.94. The maximum absolute atomic E-state index is 5.83. The van der Waals surface area contributed by atoms with Crippen molar-refractivity contribution < 1.29 is 4.74 Å². The van der Waals surface area contributed by atoms with Crippen LogP contribution in [0.4, 0.5) is 5.69 Å². The Bertz CT molecular complexity index is 573. The Labute approximate surface area is 119 Å². The van der Waals surface area contributed by atoms with Crippen molar-refractivity contribution in [2.75, 3.05) is 38.7 Å². The number of anilines is 1. The summed E-state index contributed by atoms with van der Waals surface area (Å²) in [6, 6.07) is 8.41. The number of hydrogen-bond acceptors (Lipinski definition) is 4. The van der Waals surface area contributed by atoms with Crippen LogP contribution >= 0.6 is 0 Å². The monoisotopic (exact) mass is 272 g/mol. The zero-order valence-electron chi connectivity index (χ0n) is 11.9. The molecule has 0 saturated carbocycles. The molecule has 1 aromatic heterocycles. The Morgan fingerprint density at radius 3 is 3.05 bits per heavy atom. The molecule has 1 fully saturated rings. The lowest BCUT2D eigenvalue weighted by atomic mass is 10.2. The van der Waals surface area contributed by atoms with E-state index in [1.165, 1.54) is 5.69 Å².